The van der Waals surface area contributed by atoms with Crippen molar-refractivity contribution < 1.29 is 0 Å². The Bertz CT molecular complexity index is 339. The highest BCUT2D eigenvalue weighted by atomic mass is 35.5. The molecular weight excluding hydrogens is 224 g/mol. The highest BCUT2D eigenvalue weighted by molar-refractivity contribution is 6.30. The third-order valence-corrected chi connectivity index (χ3v) is 2.57. The molecule has 0 aliphatic carbocycles. The van der Waals surface area contributed by atoms with Gasteiger partial charge in [0, 0.05) is 18.7 Å². The smallest absolute Gasteiger partial charge is 0.138 e. The molecule has 0 spiro atoms. The molecule has 0 saturated carbocycles. The molecular formula is C11H19ClN4. The van der Waals surface area contributed by atoms with Crippen LogP contribution in [-0.2, 0) is 0 Å². The van der Waals surface area contributed by atoms with E-state index in [2.05, 4.69) is 34.0 Å². The van der Waals surface area contributed by atoms with Crippen LogP contribution in [0, 0.1) is 0 Å². The van der Waals surface area contributed by atoms with Crippen LogP contribution < -0.4 is 5.32 Å². The van der Waals surface area contributed by atoms with Crippen LogP contribution in [-0.4, -0.2) is 42.1 Å². The van der Waals surface area contributed by atoms with E-state index in [-0.39, 0.29) is 0 Å². The second-order valence-corrected chi connectivity index (χ2v) is 4.67. The minimum atomic E-state index is 0.315. The summed E-state index contributed by atoms with van der Waals surface area (Å²) in [6.45, 7) is 5.97. The summed E-state index contributed by atoms with van der Waals surface area (Å²) in [6.07, 6.45) is 1.49. The topological polar surface area (TPSA) is 41.1 Å². The summed E-state index contributed by atoms with van der Waals surface area (Å²) in [5, 5.41) is 3.83. The zero-order valence-corrected chi connectivity index (χ0v) is 11.0. The molecule has 0 atom stereocenters. The van der Waals surface area contributed by atoms with Crippen molar-refractivity contribution in [2.75, 3.05) is 32.5 Å². The summed E-state index contributed by atoms with van der Waals surface area (Å²) < 4.78 is 0. The van der Waals surface area contributed by atoms with Gasteiger partial charge in [0.2, 0.25) is 0 Å². The van der Waals surface area contributed by atoms with Gasteiger partial charge < -0.3 is 10.2 Å². The zero-order valence-electron chi connectivity index (χ0n) is 10.3. The lowest BCUT2D eigenvalue weighted by atomic mass is 10.1. The number of anilines is 1. The van der Waals surface area contributed by atoms with E-state index in [1.54, 1.807) is 0 Å². The van der Waals surface area contributed by atoms with E-state index in [1.807, 2.05) is 14.1 Å². The maximum Gasteiger partial charge on any atom is 0.138 e. The number of likely N-dealkylation sites (N-methyl/N-ethyl adjacent to an activating group) is 1. The Morgan fingerprint density at radius 1 is 1.38 bits per heavy atom. The molecule has 0 unspecified atom stereocenters. The molecule has 0 radical (unpaired) electrons. The molecule has 0 aliphatic heterocycles. The normalized spacial score (nSPS) is 11.2. The Hall–Kier alpha value is -0.870. The first-order valence-electron chi connectivity index (χ1n) is 5.41. The van der Waals surface area contributed by atoms with Crippen LogP contribution in [0.25, 0.3) is 0 Å². The van der Waals surface area contributed by atoms with E-state index in [9.17, 15) is 0 Å². The summed E-state index contributed by atoms with van der Waals surface area (Å²) in [5.41, 5.74) is 0.989. The summed E-state index contributed by atoms with van der Waals surface area (Å²) >= 11 is 6.06. The van der Waals surface area contributed by atoms with Gasteiger partial charge in [-0.1, -0.05) is 25.4 Å². The van der Waals surface area contributed by atoms with Gasteiger partial charge in [-0.05, 0) is 20.0 Å². The molecule has 4 nitrogen and oxygen atoms in total. The zero-order chi connectivity index (χ0) is 12.1. The van der Waals surface area contributed by atoms with E-state index in [1.165, 1.54) is 6.33 Å². The summed E-state index contributed by atoms with van der Waals surface area (Å²) in [4.78, 5) is 10.4. The van der Waals surface area contributed by atoms with Crippen molar-refractivity contribution in [1.29, 1.82) is 0 Å². The molecule has 1 N–H and O–H groups in total. The Morgan fingerprint density at radius 2 is 2.06 bits per heavy atom. The van der Waals surface area contributed by atoms with Crippen LogP contribution in [0.1, 0.15) is 25.3 Å². The van der Waals surface area contributed by atoms with Crippen molar-refractivity contribution in [1.82, 2.24) is 14.9 Å². The molecule has 1 rings (SSSR count). The molecule has 0 bridgehead atoms. The summed E-state index contributed by atoms with van der Waals surface area (Å²) in [5.74, 6) is 1.16. The minimum Gasteiger partial charge on any atom is -0.368 e. The Labute approximate surface area is 102 Å². The Morgan fingerprint density at radius 3 is 2.62 bits per heavy atom. The van der Waals surface area contributed by atoms with Crippen molar-refractivity contribution in [3.63, 3.8) is 0 Å². The molecule has 0 aliphatic rings. The number of nitrogens with one attached hydrogen (secondary N) is 1. The SMILES string of the molecule is CC(C)c1c(Cl)ncnc1NCCN(C)C. The van der Waals surface area contributed by atoms with Crippen molar-refractivity contribution in [3.05, 3.63) is 17.0 Å². The molecule has 1 aromatic heterocycles. The first kappa shape index (κ1) is 13.2. The molecule has 0 saturated heterocycles. The summed E-state index contributed by atoms with van der Waals surface area (Å²) in [6, 6.07) is 0. The molecule has 1 aromatic rings. The second-order valence-electron chi connectivity index (χ2n) is 4.31. The van der Waals surface area contributed by atoms with Gasteiger partial charge in [0.15, 0.2) is 0 Å². The summed E-state index contributed by atoms with van der Waals surface area (Å²) in [7, 11) is 4.08. The average molecular weight is 243 g/mol. The van der Waals surface area contributed by atoms with Gasteiger partial charge in [-0.25, -0.2) is 9.97 Å². The maximum atomic E-state index is 6.06. The first-order chi connectivity index (χ1) is 7.52. The molecule has 16 heavy (non-hydrogen) atoms. The van der Waals surface area contributed by atoms with Gasteiger partial charge in [0.25, 0.3) is 0 Å². The van der Waals surface area contributed by atoms with Gasteiger partial charge in [-0.15, -0.1) is 0 Å². The lowest BCUT2D eigenvalue weighted by Gasteiger charge is -2.15. The minimum absolute atomic E-state index is 0.315. The van der Waals surface area contributed by atoms with Crippen molar-refractivity contribution >= 4 is 17.4 Å². The second kappa shape index (κ2) is 6.01. The number of halogens is 1. The highest BCUT2D eigenvalue weighted by Gasteiger charge is 2.12. The Kier molecular flexibility index (Phi) is 4.96. The fourth-order valence-electron chi connectivity index (χ4n) is 1.42. The molecule has 0 aromatic carbocycles. The van der Waals surface area contributed by atoms with E-state index in [0.29, 0.717) is 11.1 Å². The molecule has 90 valence electrons. The number of hydrogen-bond acceptors (Lipinski definition) is 4. The largest absolute Gasteiger partial charge is 0.368 e. The van der Waals surface area contributed by atoms with Crippen LogP contribution in [0.2, 0.25) is 5.15 Å². The highest BCUT2D eigenvalue weighted by Crippen LogP contribution is 2.27. The van der Waals surface area contributed by atoms with E-state index < -0.39 is 0 Å². The molecule has 0 amide bonds. The van der Waals surface area contributed by atoms with Gasteiger partial charge in [0.05, 0.1) is 0 Å². The number of hydrogen-bond donors (Lipinski definition) is 1. The molecule has 1 heterocycles. The van der Waals surface area contributed by atoms with Crippen LogP contribution >= 0.6 is 11.6 Å². The van der Waals surface area contributed by atoms with Crippen LogP contribution in [0.3, 0.4) is 0 Å². The van der Waals surface area contributed by atoms with E-state index >= 15 is 0 Å². The van der Waals surface area contributed by atoms with Crippen molar-refractivity contribution in [2.45, 2.75) is 19.8 Å². The van der Waals surface area contributed by atoms with Crippen molar-refractivity contribution in [2.24, 2.45) is 0 Å². The first-order valence-corrected chi connectivity index (χ1v) is 5.79. The van der Waals surface area contributed by atoms with Crippen molar-refractivity contribution in [3.8, 4) is 0 Å². The monoisotopic (exact) mass is 242 g/mol. The van der Waals surface area contributed by atoms with E-state index in [0.717, 1.165) is 24.5 Å². The van der Waals surface area contributed by atoms with Gasteiger partial charge in [0.1, 0.15) is 17.3 Å². The maximum absolute atomic E-state index is 6.06. The number of aromatic nitrogens is 2. The third-order valence-electron chi connectivity index (χ3n) is 2.26. The van der Waals surface area contributed by atoms with E-state index in [4.69, 9.17) is 11.6 Å². The lowest BCUT2D eigenvalue weighted by Crippen LogP contribution is -2.21. The van der Waals surface area contributed by atoms with Crippen LogP contribution in [0.4, 0.5) is 5.82 Å². The number of rotatable bonds is 5. The van der Waals surface area contributed by atoms with Crippen LogP contribution in [0.15, 0.2) is 6.33 Å². The van der Waals surface area contributed by atoms with Gasteiger partial charge in [-0.3, -0.25) is 0 Å². The fourth-order valence-corrected chi connectivity index (χ4v) is 1.78. The predicted molar refractivity (Wildman–Crippen MR) is 68.2 cm³/mol. The Balaban J connectivity index is 2.75. The van der Waals surface area contributed by atoms with Gasteiger partial charge >= 0.3 is 0 Å². The molecule has 5 heteroatoms. The lowest BCUT2D eigenvalue weighted by molar-refractivity contribution is 0.425. The van der Waals surface area contributed by atoms with Crippen LogP contribution in [0.5, 0.6) is 0 Å². The fraction of sp³-hybridized carbons (Fsp3) is 0.636. The number of nitrogens with zero attached hydrogens (tertiary/aromatic N) is 3. The average Bonchev–Trinajstić information content (AvgIpc) is 2.16. The van der Waals surface area contributed by atoms with Gasteiger partial charge in [-0.2, -0.15) is 0 Å². The standard InChI is InChI=1S/C11H19ClN4/c1-8(2)9-10(12)14-7-15-11(9)13-5-6-16(3)4/h7-8H,5-6H2,1-4H3,(H,13,14,15). The predicted octanol–water partition coefficient (Wildman–Crippen LogP) is 2.23. The quantitative estimate of drug-likeness (QED) is 0.804. The molecule has 0 fully saturated rings. The third kappa shape index (κ3) is 3.61.